The zero-order chi connectivity index (χ0) is 18.6. The first-order valence-electron chi connectivity index (χ1n) is 8.82. The monoisotopic (exact) mass is 361 g/mol. The standard InChI is InChI=1S/C21H19N3O3/c22-13-18-20(15-4-2-1-3-5-15)17-7-6-16(25)12-19(17)27-21(18)23-14-24-8-10-26-11-9-24/h1-7,12,14,20,25H,8-11H2/t20-/m1/s1. The molecule has 0 aliphatic carbocycles. The summed E-state index contributed by atoms with van der Waals surface area (Å²) in [5.74, 6) is 0.586. The molecule has 2 aromatic rings. The number of hydrogen-bond donors (Lipinski definition) is 1. The van der Waals surface area contributed by atoms with Crippen LogP contribution in [0.3, 0.4) is 0 Å². The van der Waals surface area contributed by atoms with Crippen LogP contribution in [-0.2, 0) is 4.74 Å². The van der Waals surface area contributed by atoms with Crippen molar-refractivity contribution >= 4 is 6.34 Å². The fraction of sp³-hybridized carbons (Fsp3) is 0.238. The number of phenols is 1. The maximum Gasteiger partial charge on any atom is 0.235 e. The molecule has 6 heteroatoms. The molecule has 1 atom stereocenters. The molecule has 2 heterocycles. The first-order valence-corrected chi connectivity index (χ1v) is 8.82. The minimum Gasteiger partial charge on any atom is -0.508 e. The van der Waals surface area contributed by atoms with Gasteiger partial charge in [0.25, 0.3) is 0 Å². The lowest BCUT2D eigenvalue weighted by atomic mass is 9.83. The van der Waals surface area contributed by atoms with E-state index in [1.54, 1.807) is 24.5 Å². The van der Waals surface area contributed by atoms with Gasteiger partial charge in [0.2, 0.25) is 5.88 Å². The third-order valence-corrected chi connectivity index (χ3v) is 4.67. The van der Waals surface area contributed by atoms with Gasteiger partial charge in [-0.15, -0.1) is 0 Å². The summed E-state index contributed by atoms with van der Waals surface area (Å²) in [5, 5.41) is 19.7. The summed E-state index contributed by atoms with van der Waals surface area (Å²) < 4.78 is 11.2. The van der Waals surface area contributed by atoms with Gasteiger partial charge in [-0.25, -0.2) is 4.99 Å². The van der Waals surface area contributed by atoms with Gasteiger partial charge in [0.15, 0.2) is 0 Å². The number of nitrogens with zero attached hydrogens (tertiary/aromatic N) is 3. The molecule has 0 amide bonds. The lowest BCUT2D eigenvalue weighted by Crippen LogP contribution is -2.35. The number of hydrogen-bond acceptors (Lipinski definition) is 5. The smallest absolute Gasteiger partial charge is 0.235 e. The third kappa shape index (κ3) is 3.50. The Morgan fingerprint density at radius 3 is 2.67 bits per heavy atom. The summed E-state index contributed by atoms with van der Waals surface area (Å²) in [5.41, 5.74) is 2.26. The molecule has 0 saturated carbocycles. The van der Waals surface area contributed by atoms with Crippen molar-refractivity contribution in [2.75, 3.05) is 26.3 Å². The average Bonchev–Trinajstić information content (AvgIpc) is 2.72. The number of fused-ring (bicyclic) bond motifs is 1. The van der Waals surface area contributed by atoms with Gasteiger partial charge in [-0.05, 0) is 11.6 Å². The molecule has 1 N–H and O–H groups in total. The largest absolute Gasteiger partial charge is 0.508 e. The van der Waals surface area contributed by atoms with Crippen LogP contribution in [0.2, 0.25) is 0 Å². The zero-order valence-electron chi connectivity index (χ0n) is 14.7. The van der Waals surface area contributed by atoms with Crippen LogP contribution >= 0.6 is 0 Å². The van der Waals surface area contributed by atoms with E-state index < -0.39 is 0 Å². The van der Waals surface area contributed by atoms with Crippen LogP contribution in [0.5, 0.6) is 11.5 Å². The third-order valence-electron chi connectivity index (χ3n) is 4.67. The molecule has 6 nitrogen and oxygen atoms in total. The zero-order valence-corrected chi connectivity index (χ0v) is 14.7. The van der Waals surface area contributed by atoms with Crippen molar-refractivity contribution in [3.8, 4) is 17.6 Å². The maximum absolute atomic E-state index is 9.87. The van der Waals surface area contributed by atoms with E-state index in [2.05, 4.69) is 11.1 Å². The van der Waals surface area contributed by atoms with Gasteiger partial charge in [-0.1, -0.05) is 36.4 Å². The average molecular weight is 361 g/mol. The number of phenolic OH excluding ortho intramolecular Hbond substituents is 1. The van der Waals surface area contributed by atoms with Crippen molar-refractivity contribution < 1.29 is 14.6 Å². The molecule has 4 rings (SSSR count). The van der Waals surface area contributed by atoms with Gasteiger partial charge in [-0.3, -0.25) is 0 Å². The van der Waals surface area contributed by atoms with Crippen LogP contribution < -0.4 is 4.74 Å². The summed E-state index contributed by atoms with van der Waals surface area (Å²) in [6.45, 7) is 2.80. The SMILES string of the molecule is N#CC1=C(N=CN2CCOCC2)Oc2cc(O)ccc2[C@H]1c1ccccc1. The van der Waals surface area contributed by atoms with Gasteiger partial charge in [0, 0.05) is 24.7 Å². The Hall–Kier alpha value is -3.30. The molecule has 1 saturated heterocycles. The highest BCUT2D eigenvalue weighted by Crippen LogP contribution is 2.44. The summed E-state index contributed by atoms with van der Waals surface area (Å²) in [7, 11) is 0. The Morgan fingerprint density at radius 1 is 1.15 bits per heavy atom. The topological polar surface area (TPSA) is 78.1 Å². The number of nitriles is 1. The Labute approximate surface area is 157 Å². The molecular weight excluding hydrogens is 342 g/mol. The van der Waals surface area contributed by atoms with E-state index >= 15 is 0 Å². The molecule has 0 bridgehead atoms. The predicted molar refractivity (Wildman–Crippen MR) is 101 cm³/mol. The van der Waals surface area contributed by atoms with E-state index in [4.69, 9.17) is 9.47 Å². The maximum atomic E-state index is 9.87. The predicted octanol–water partition coefficient (Wildman–Crippen LogP) is 3.01. The van der Waals surface area contributed by atoms with Gasteiger partial charge in [-0.2, -0.15) is 5.26 Å². The summed E-state index contributed by atoms with van der Waals surface area (Å²) in [6.07, 6.45) is 1.70. The fourth-order valence-electron chi connectivity index (χ4n) is 3.32. The first kappa shape index (κ1) is 17.1. The van der Waals surface area contributed by atoms with Crippen LogP contribution in [0.4, 0.5) is 0 Å². The van der Waals surface area contributed by atoms with E-state index in [0.29, 0.717) is 24.5 Å². The number of ether oxygens (including phenoxy) is 2. The molecule has 0 spiro atoms. The first-order chi connectivity index (χ1) is 13.3. The van der Waals surface area contributed by atoms with Gasteiger partial charge < -0.3 is 19.5 Å². The van der Waals surface area contributed by atoms with E-state index in [9.17, 15) is 10.4 Å². The van der Waals surface area contributed by atoms with Crippen LogP contribution in [0.15, 0.2) is 65.0 Å². The molecule has 0 radical (unpaired) electrons. The number of aliphatic imine (C=N–C) groups is 1. The van der Waals surface area contributed by atoms with E-state index in [0.717, 1.165) is 24.2 Å². The van der Waals surface area contributed by atoms with Gasteiger partial charge in [0.05, 0.1) is 25.5 Å². The molecule has 0 unspecified atom stereocenters. The van der Waals surface area contributed by atoms with Crippen molar-refractivity contribution in [2.45, 2.75) is 5.92 Å². The highest BCUT2D eigenvalue weighted by molar-refractivity contribution is 5.61. The van der Waals surface area contributed by atoms with Crippen molar-refractivity contribution in [3.05, 3.63) is 71.1 Å². The van der Waals surface area contributed by atoms with E-state index in [-0.39, 0.29) is 17.6 Å². The van der Waals surface area contributed by atoms with Crippen molar-refractivity contribution in [3.63, 3.8) is 0 Å². The summed E-state index contributed by atoms with van der Waals surface area (Å²) in [4.78, 5) is 6.49. The minimum atomic E-state index is -0.294. The second-order valence-corrected chi connectivity index (χ2v) is 6.39. The number of allylic oxidation sites excluding steroid dienone is 1. The fourth-order valence-corrected chi connectivity index (χ4v) is 3.32. The molecular formula is C21H19N3O3. The Balaban J connectivity index is 1.78. The second kappa shape index (κ2) is 7.52. The van der Waals surface area contributed by atoms with E-state index in [1.807, 2.05) is 35.2 Å². The van der Waals surface area contributed by atoms with Crippen LogP contribution in [0.1, 0.15) is 17.0 Å². The summed E-state index contributed by atoms with van der Waals surface area (Å²) >= 11 is 0. The van der Waals surface area contributed by atoms with Crippen molar-refractivity contribution in [2.24, 2.45) is 4.99 Å². The molecule has 136 valence electrons. The molecule has 1 fully saturated rings. The lowest BCUT2D eigenvalue weighted by molar-refractivity contribution is 0.0699. The van der Waals surface area contributed by atoms with Gasteiger partial charge in [0.1, 0.15) is 23.1 Å². The second-order valence-electron chi connectivity index (χ2n) is 6.39. The Morgan fingerprint density at radius 2 is 1.93 bits per heavy atom. The minimum absolute atomic E-state index is 0.109. The van der Waals surface area contributed by atoms with Crippen LogP contribution in [0, 0.1) is 11.3 Å². The Bertz CT molecular complexity index is 925. The highest BCUT2D eigenvalue weighted by Gasteiger charge is 2.31. The molecule has 27 heavy (non-hydrogen) atoms. The number of aromatic hydroxyl groups is 1. The van der Waals surface area contributed by atoms with Crippen molar-refractivity contribution in [1.29, 1.82) is 5.26 Å². The van der Waals surface area contributed by atoms with E-state index in [1.165, 1.54) is 0 Å². The van der Waals surface area contributed by atoms with Gasteiger partial charge >= 0.3 is 0 Å². The number of morpholine rings is 1. The summed E-state index contributed by atoms with van der Waals surface area (Å²) in [6, 6.07) is 17.0. The van der Waals surface area contributed by atoms with Crippen LogP contribution in [0.25, 0.3) is 0 Å². The molecule has 2 aliphatic heterocycles. The number of rotatable bonds is 3. The molecule has 0 aromatic heterocycles. The molecule has 2 aliphatic rings. The quantitative estimate of drug-likeness (QED) is 0.672. The number of benzene rings is 2. The highest BCUT2D eigenvalue weighted by atomic mass is 16.5. The van der Waals surface area contributed by atoms with Crippen LogP contribution in [-0.4, -0.2) is 42.6 Å². The molecule has 2 aromatic carbocycles. The lowest BCUT2D eigenvalue weighted by Gasteiger charge is -2.27. The van der Waals surface area contributed by atoms with Crippen molar-refractivity contribution in [1.82, 2.24) is 4.90 Å². The normalized spacial score (nSPS) is 19.5. The Kier molecular flexibility index (Phi) is 4.77.